The van der Waals surface area contributed by atoms with Gasteiger partial charge in [-0.05, 0) is 57.3 Å². The second kappa shape index (κ2) is 9.18. The Morgan fingerprint density at radius 3 is 2.14 bits per heavy atom. The largest absolute Gasteiger partial charge is 0.360 e. The third-order valence-electron chi connectivity index (χ3n) is 7.14. The van der Waals surface area contributed by atoms with E-state index in [0.29, 0.717) is 55.4 Å². The molecule has 1 aliphatic heterocycles. The van der Waals surface area contributed by atoms with Crippen molar-refractivity contribution in [3.05, 3.63) is 11.8 Å². The van der Waals surface area contributed by atoms with Crippen molar-refractivity contribution in [1.29, 1.82) is 0 Å². The van der Waals surface area contributed by atoms with Gasteiger partial charge in [0.25, 0.3) is 0 Å². The maximum atomic E-state index is 13.0. The van der Waals surface area contributed by atoms with Crippen molar-refractivity contribution in [1.82, 2.24) is 15.4 Å². The van der Waals surface area contributed by atoms with Crippen molar-refractivity contribution in [2.45, 2.75) is 77.2 Å². The Balaban J connectivity index is 1.28. The van der Waals surface area contributed by atoms with Crippen LogP contribution in [0.5, 0.6) is 0 Å². The summed E-state index contributed by atoms with van der Waals surface area (Å²) in [7, 11) is 0. The number of nitrogens with zero attached hydrogens (tertiary/aromatic N) is 2. The highest BCUT2D eigenvalue weighted by atomic mass is 16.5. The van der Waals surface area contributed by atoms with Crippen molar-refractivity contribution in [2.75, 3.05) is 18.4 Å². The zero-order chi connectivity index (χ0) is 20.2. The Kier molecular flexibility index (Phi) is 6.40. The van der Waals surface area contributed by atoms with Gasteiger partial charge in [0.05, 0.1) is 0 Å². The normalized spacial score (nSPS) is 21.8. The summed E-state index contributed by atoms with van der Waals surface area (Å²) in [5, 5.41) is 10.1. The molecule has 2 aliphatic carbocycles. The van der Waals surface area contributed by atoms with Crippen LogP contribution in [-0.4, -0.2) is 41.1 Å². The molecule has 0 aromatic carbocycles. The first kappa shape index (κ1) is 20.2. The molecule has 0 unspecified atom stereocenters. The van der Waals surface area contributed by atoms with Crippen LogP contribution in [0.25, 0.3) is 0 Å². The minimum atomic E-state index is -0.0866. The van der Waals surface area contributed by atoms with Gasteiger partial charge in [-0.3, -0.25) is 4.79 Å². The number of anilines is 1. The van der Waals surface area contributed by atoms with E-state index in [4.69, 9.17) is 4.52 Å². The van der Waals surface area contributed by atoms with Crippen molar-refractivity contribution in [3.8, 4) is 0 Å². The SMILES string of the molecule is Cc1cc(NC(=O)C2CCN(C(=O)NC(C3CCCC3)C3CCCC3)CC2)no1. The molecule has 1 saturated heterocycles. The lowest BCUT2D eigenvalue weighted by Crippen LogP contribution is -2.52. The monoisotopic (exact) mass is 402 g/mol. The summed E-state index contributed by atoms with van der Waals surface area (Å²) in [6.07, 6.45) is 11.6. The molecule has 7 nitrogen and oxygen atoms in total. The molecule has 0 radical (unpaired) electrons. The molecule has 0 spiro atoms. The van der Waals surface area contributed by atoms with Crippen LogP contribution in [0.2, 0.25) is 0 Å². The number of piperidine rings is 1. The van der Waals surface area contributed by atoms with Crippen LogP contribution in [0, 0.1) is 24.7 Å². The average molecular weight is 403 g/mol. The highest BCUT2D eigenvalue weighted by Crippen LogP contribution is 2.37. The molecule has 1 aromatic heterocycles. The topological polar surface area (TPSA) is 87.5 Å². The van der Waals surface area contributed by atoms with E-state index in [1.807, 2.05) is 4.90 Å². The molecule has 0 bridgehead atoms. The summed E-state index contributed by atoms with van der Waals surface area (Å²) < 4.78 is 5.00. The molecule has 160 valence electrons. The van der Waals surface area contributed by atoms with Crippen molar-refractivity contribution < 1.29 is 14.1 Å². The second-order valence-corrected chi connectivity index (χ2v) is 9.14. The van der Waals surface area contributed by atoms with E-state index >= 15 is 0 Å². The van der Waals surface area contributed by atoms with E-state index in [-0.39, 0.29) is 17.9 Å². The zero-order valence-electron chi connectivity index (χ0n) is 17.5. The fourth-order valence-electron chi connectivity index (χ4n) is 5.49. The molecule has 1 aromatic rings. The Morgan fingerprint density at radius 1 is 1.03 bits per heavy atom. The lowest BCUT2D eigenvalue weighted by molar-refractivity contribution is -0.121. The molecule has 0 atom stereocenters. The first-order valence-corrected chi connectivity index (χ1v) is 11.4. The highest BCUT2D eigenvalue weighted by Gasteiger charge is 2.36. The van der Waals surface area contributed by atoms with E-state index in [2.05, 4.69) is 15.8 Å². The Hall–Kier alpha value is -2.05. The minimum absolute atomic E-state index is 0.0341. The quantitative estimate of drug-likeness (QED) is 0.776. The van der Waals surface area contributed by atoms with Gasteiger partial charge >= 0.3 is 6.03 Å². The first-order chi connectivity index (χ1) is 14.1. The molecule has 2 saturated carbocycles. The van der Waals surface area contributed by atoms with Crippen LogP contribution in [0.15, 0.2) is 10.6 Å². The van der Waals surface area contributed by atoms with E-state index < -0.39 is 0 Å². The smallest absolute Gasteiger partial charge is 0.317 e. The summed E-state index contributed by atoms with van der Waals surface area (Å²) in [5.74, 6) is 2.31. The van der Waals surface area contributed by atoms with Crippen LogP contribution < -0.4 is 10.6 Å². The van der Waals surface area contributed by atoms with Crippen LogP contribution in [-0.2, 0) is 4.79 Å². The number of rotatable bonds is 5. The third-order valence-corrected chi connectivity index (χ3v) is 7.14. The van der Waals surface area contributed by atoms with Gasteiger partial charge in [-0.1, -0.05) is 30.8 Å². The maximum absolute atomic E-state index is 13.0. The molecule has 2 N–H and O–H groups in total. The van der Waals surface area contributed by atoms with Crippen LogP contribution >= 0.6 is 0 Å². The summed E-state index contributed by atoms with van der Waals surface area (Å²) in [6, 6.07) is 2.12. The highest BCUT2D eigenvalue weighted by molar-refractivity contribution is 5.91. The number of hydrogen-bond acceptors (Lipinski definition) is 4. The summed E-state index contributed by atoms with van der Waals surface area (Å²) in [5.41, 5.74) is 0. The fraction of sp³-hybridized carbons (Fsp3) is 0.773. The summed E-state index contributed by atoms with van der Waals surface area (Å²) in [6.45, 7) is 3.05. The predicted octanol–water partition coefficient (Wildman–Crippen LogP) is 4.09. The van der Waals surface area contributed by atoms with Gasteiger partial charge < -0.3 is 20.1 Å². The van der Waals surface area contributed by atoms with Gasteiger partial charge in [0, 0.05) is 31.1 Å². The number of aryl methyl sites for hydroxylation is 1. The van der Waals surface area contributed by atoms with Gasteiger partial charge in [-0.15, -0.1) is 0 Å². The number of likely N-dealkylation sites (tertiary alicyclic amines) is 1. The van der Waals surface area contributed by atoms with E-state index in [0.717, 1.165) is 0 Å². The molecular formula is C22H34N4O3. The number of urea groups is 1. The Labute approximate surface area is 172 Å². The summed E-state index contributed by atoms with van der Waals surface area (Å²) in [4.78, 5) is 27.4. The lowest BCUT2D eigenvalue weighted by Gasteiger charge is -2.35. The molecule has 3 amide bonds. The number of carbonyl (C=O) groups excluding carboxylic acids is 2. The molecule has 7 heteroatoms. The molecule has 2 heterocycles. The first-order valence-electron chi connectivity index (χ1n) is 11.4. The average Bonchev–Trinajstić information content (AvgIpc) is 3.49. The molecule has 3 fully saturated rings. The number of carbonyl (C=O) groups is 2. The summed E-state index contributed by atoms with van der Waals surface area (Å²) >= 11 is 0. The zero-order valence-corrected chi connectivity index (χ0v) is 17.5. The van der Waals surface area contributed by atoms with Gasteiger partial charge in [-0.25, -0.2) is 4.79 Å². The van der Waals surface area contributed by atoms with Crippen LogP contribution in [0.3, 0.4) is 0 Å². The number of aromatic nitrogens is 1. The second-order valence-electron chi connectivity index (χ2n) is 9.14. The van der Waals surface area contributed by atoms with Crippen LogP contribution in [0.4, 0.5) is 10.6 Å². The Morgan fingerprint density at radius 2 is 1.62 bits per heavy atom. The fourth-order valence-corrected chi connectivity index (χ4v) is 5.49. The maximum Gasteiger partial charge on any atom is 0.317 e. The standard InChI is InChI=1S/C22H34N4O3/c1-15-14-19(25-29-15)23-21(27)18-10-12-26(13-11-18)22(28)24-20(16-6-2-3-7-16)17-8-4-5-9-17/h14,16-18,20H,2-13H2,1H3,(H,24,28)(H,23,25,27). The van der Waals surface area contributed by atoms with Gasteiger partial charge in [0.15, 0.2) is 5.82 Å². The van der Waals surface area contributed by atoms with Crippen molar-refractivity contribution in [2.24, 2.45) is 17.8 Å². The van der Waals surface area contributed by atoms with Crippen molar-refractivity contribution in [3.63, 3.8) is 0 Å². The third kappa shape index (κ3) is 4.93. The van der Waals surface area contributed by atoms with E-state index in [1.54, 1.807) is 13.0 Å². The lowest BCUT2D eigenvalue weighted by atomic mass is 9.86. The van der Waals surface area contributed by atoms with Gasteiger partial charge in [0.1, 0.15) is 5.76 Å². The minimum Gasteiger partial charge on any atom is -0.360 e. The Bertz CT molecular complexity index is 683. The van der Waals surface area contributed by atoms with E-state index in [9.17, 15) is 9.59 Å². The van der Waals surface area contributed by atoms with Gasteiger partial charge in [-0.2, -0.15) is 0 Å². The molecule has 29 heavy (non-hydrogen) atoms. The van der Waals surface area contributed by atoms with E-state index in [1.165, 1.54) is 51.4 Å². The van der Waals surface area contributed by atoms with Crippen molar-refractivity contribution >= 4 is 17.8 Å². The number of amides is 3. The van der Waals surface area contributed by atoms with Gasteiger partial charge in [0.2, 0.25) is 5.91 Å². The number of nitrogens with one attached hydrogen (secondary N) is 2. The molecular weight excluding hydrogens is 368 g/mol. The van der Waals surface area contributed by atoms with Crippen LogP contribution in [0.1, 0.15) is 70.0 Å². The number of hydrogen-bond donors (Lipinski definition) is 2. The predicted molar refractivity (Wildman–Crippen MR) is 110 cm³/mol. The molecule has 4 rings (SSSR count). The molecule has 3 aliphatic rings.